The lowest BCUT2D eigenvalue weighted by molar-refractivity contribution is 0.402. The van der Waals surface area contributed by atoms with Gasteiger partial charge < -0.3 is 9.15 Å². The van der Waals surface area contributed by atoms with Gasteiger partial charge in [-0.2, -0.15) is 0 Å². The lowest BCUT2D eigenvalue weighted by Crippen LogP contribution is -2.21. The second-order valence-corrected chi connectivity index (χ2v) is 4.45. The molecule has 0 atom stereocenters. The molecular formula is C13H10ClN3O3. The number of aromatic nitrogens is 3. The van der Waals surface area contributed by atoms with E-state index in [4.69, 9.17) is 20.8 Å². The average molecular weight is 292 g/mol. The summed E-state index contributed by atoms with van der Waals surface area (Å²) in [6.07, 6.45) is 0. The van der Waals surface area contributed by atoms with Gasteiger partial charge >= 0.3 is 0 Å². The summed E-state index contributed by atoms with van der Waals surface area (Å²) >= 11 is 5.92. The summed E-state index contributed by atoms with van der Waals surface area (Å²) in [6.45, 7) is 0. The zero-order chi connectivity index (χ0) is 14.3. The number of fused-ring (bicyclic) bond motifs is 1. The van der Waals surface area contributed by atoms with Gasteiger partial charge in [0.15, 0.2) is 11.3 Å². The minimum Gasteiger partial charge on any atom is -0.489 e. The van der Waals surface area contributed by atoms with Gasteiger partial charge in [-0.3, -0.25) is 9.36 Å². The summed E-state index contributed by atoms with van der Waals surface area (Å²) in [5, 5.41) is 0.0352. The minimum atomic E-state index is -0.398. The quantitative estimate of drug-likeness (QED) is 0.677. The van der Waals surface area contributed by atoms with Crippen LogP contribution >= 0.6 is 11.6 Å². The molecule has 0 radical (unpaired) electrons. The molecule has 0 spiro atoms. The van der Waals surface area contributed by atoms with Crippen molar-refractivity contribution in [3.8, 4) is 17.3 Å². The number of nitrogens with zero attached hydrogens (tertiary/aromatic N) is 3. The van der Waals surface area contributed by atoms with E-state index in [0.29, 0.717) is 11.1 Å². The van der Waals surface area contributed by atoms with Crippen LogP contribution in [0.25, 0.3) is 22.7 Å². The number of benzene rings is 1. The molecule has 0 saturated heterocycles. The lowest BCUT2D eigenvalue weighted by atomic mass is 10.3. The van der Waals surface area contributed by atoms with E-state index in [1.807, 2.05) is 12.1 Å². The van der Waals surface area contributed by atoms with Gasteiger partial charge in [0.2, 0.25) is 16.9 Å². The Bertz CT molecular complexity index is 821. The van der Waals surface area contributed by atoms with Crippen molar-refractivity contribution in [2.75, 3.05) is 7.11 Å². The van der Waals surface area contributed by atoms with E-state index < -0.39 is 5.56 Å². The molecule has 20 heavy (non-hydrogen) atoms. The Labute approximate surface area is 118 Å². The van der Waals surface area contributed by atoms with Crippen LogP contribution in [0.15, 0.2) is 33.5 Å². The Morgan fingerprint density at radius 2 is 2.05 bits per heavy atom. The summed E-state index contributed by atoms with van der Waals surface area (Å²) in [7, 11) is 2.90. The van der Waals surface area contributed by atoms with Crippen LogP contribution in [-0.4, -0.2) is 21.6 Å². The molecule has 0 aliphatic carbocycles. The zero-order valence-corrected chi connectivity index (χ0v) is 11.5. The van der Waals surface area contributed by atoms with Gasteiger partial charge in [-0.15, -0.1) is 0 Å². The van der Waals surface area contributed by atoms with E-state index in [2.05, 4.69) is 9.97 Å². The summed E-state index contributed by atoms with van der Waals surface area (Å²) in [4.78, 5) is 20.5. The van der Waals surface area contributed by atoms with Crippen molar-refractivity contribution in [2.45, 2.75) is 0 Å². The monoisotopic (exact) mass is 291 g/mol. The fourth-order valence-corrected chi connectivity index (χ4v) is 2.02. The number of methoxy groups -OCH3 is 1. The number of para-hydroxylation sites is 2. The number of halogens is 1. The standard InChI is InChI=1S/C13H10ClN3O3/c1-17-12(18)10(19-2)9(16-13(17)14)11-15-7-5-3-4-6-8(7)20-11/h3-6H,1-2H3. The first-order valence-corrected chi connectivity index (χ1v) is 6.16. The van der Waals surface area contributed by atoms with Crippen LogP contribution in [0, 0.1) is 0 Å². The highest BCUT2D eigenvalue weighted by Gasteiger charge is 2.20. The highest BCUT2D eigenvalue weighted by Crippen LogP contribution is 2.28. The molecule has 2 aromatic heterocycles. The molecule has 3 aromatic rings. The first-order chi connectivity index (χ1) is 9.61. The molecule has 0 N–H and O–H groups in total. The van der Waals surface area contributed by atoms with Crippen molar-refractivity contribution < 1.29 is 9.15 Å². The van der Waals surface area contributed by atoms with Crippen LogP contribution in [0.4, 0.5) is 0 Å². The third-order valence-corrected chi connectivity index (χ3v) is 3.23. The predicted molar refractivity (Wildman–Crippen MR) is 74.0 cm³/mol. The van der Waals surface area contributed by atoms with Crippen molar-refractivity contribution in [3.05, 3.63) is 39.9 Å². The third kappa shape index (κ3) is 1.85. The van der Waals surface area contributed by atoms with Crippen molar-refractivity contribution in [1.29, 1.82) is 0 Å². The van der Waals surface area contributed by atoms with Gasteiger partial charge in [-0.1, -0.05) is 12.1 Å². The topological polar surface area (TPSA) is 70.2 Å². The number of hydrogen-bond donors (Lipinski definition) is 0. The van der Waals surface area contributed by atoms with E-state index in [1.165, 1.54) is 18.7 Å². The van der Waals surface area contributed by atoms with Crippen LogP contribution in [0.5, 0.6) is 5.75 Å². The number of ether oxygens (including phenoxy) is 1. The normalized spacial score (nSPS) is 10.9. The maximum Gasteiger partial charge on any atom is 0.297 e. The largest absolute Gasteiger partial charge is 0.489 e. The van der Waals surface area contributed by atoms with E-state index in [1.54, 1.807) is 12.1 Å². The first-order valence-electron chi connectivity index (χ1n) is 5.78. The molecular weight excluding hydrogens is 282 g/mol. The van der Waals surface area contributed by atoms with Gasteiger partial charge in [0.1, 0.15) is 5.52 Å². The molecule has 2 heterocycles. The fourth-order valence-electron chi connectivity index (χ4n) is 1.86. The second kappa shape index (κ2) is 4.64. The molecule has 0 saturated carbocycles. The van der Waals surface area contributed by atoms with Crippen LogP contribution < -0.4 is 10.3 Å². The minimum absolute atomic E-state index is 0.0352. The molecule has 0 amide bonds. The smallest absolute Gasteiger partial charge is 0.297 e. The van der Waals surface area contributed by atoms with Gasteiger partial charge in [0.25, 0.3) is 5.56 Å². The van der Waals surface area contributed by atoms with Crippen LogP contribution in [0.2, 0.25) is 5.28 Å². The Morgan fingerprint density at radius 3 is 2.75 bits per heavy atom. The van der Waals surface area contributed by atoms with Gasteiger partial charge in [0.05, 0.1) is 7.11 Å². The fraction of sp³-hybridized carbons (Fsp3) is 0.154. The first kappa shape index (κ1) is 12.7. The summed E-state index contributed by atoms with van der Waals surface area (Å²) in [6, 6.07) is 7.26. The van der Waals surface area contributed by atoms with E-state index in [-0.39, 0.29) is 22.6 Å². The number of rotatable bonds is 2. The van der Waals surface area contributed by atoms with E-state index in [9.17, 15) is 4.79 Å². The number of oxazole rings is 1. The molecule has 0 aliphatic rings. The van der Waals surface area contributed by atoms with Crippen molar-refractivity contribution in [2.24, 2.45) is 7.05 Å². The molecule has 7 heteroatoms. The molecule has 3 rings (SSSR count). The SMILES string of the molecule is COc1c(-c2nc3ccccc3o2)nc(Cl)n(C)c1=O. The molecule has 0 unspecified atom stereocenters. The Balaban J connectivity index is 2.31. The van der Waals surface area contributed by atoms with Crippen LogP contribution in [0.1, 0.15) is 0 Å². The Kier molecular flexibility index (Phi) is 2.94. The Morgan fingerprint density at radius 1 is 1.30 bits per heavy atom. The predicted octanol–water partition coefficient (Wildman–Crippen LogP) is 2.25. The van der Waals surface area contributed by atoms with Crippen LogP contribution in [-0.2, 0) is 7.05 Å². The molecule has 6 nitrogen and oxygen atoms in total. The van der Waals surface area contributed by atoms with E-state index >= 15 is 0 Å². The van der Waals surface area contributed by atoms with Crippen molar-refractivity contribution >= 4 is 22.7 Å². The summed E-state index contributed by atoms with van der Waals surface area (Å²) < 4.78 is 11.9. The second-order valence-electron chi connectivity index (χ2n) is 4.11. The highest BCUT2D eigenvalue weighted by atomic mass is 35.5. The molecule has 0 fully saturated rings. The highest BCUT2D eigenvalue weighted by molar-refractivity contribution is 6.28. The molecule has 102 valence electrons. The van der Waals surface area contributed by atoms with Crippen molar-refractivity contribution in [3.63, 3.8) is 0 Å². The average Bonchev–Trinajstić information content (AvgIpc) is 2.88. The number of hydrogen-bond acceptors (Lipinski definition) is 5. The van der Waals surface area contributed by atoms with Gasteiger partial charge in [-0.05, 0) is 23.7 Å². The summed E-state index contributed by atoms with van der Waals surface area (Å²) in [5.41, 5.74) is 1.06. The van der Waals surface area contributed by atoms with Crippen LogP contribution in [0.3, 0.4) is 0 Å². The third-order valence-electron chi connectivity index (χ3n) is 2.90. The molecule has 0 bridgehead atoms. The lowest BCUT2D eigenvalue weighted by Gasteiger charge is -2.07. The maximum absolute atomic E-state index is 12.1. The molecule has 1 aromatic carbocycles. The summed E-state index contributed by atoms with van der Waals surface area (Å²) in [5.74, 6) is 0.242. The maximum atomic E-state index is 12.1. The van der Waals surface area contributed by atoms with Gasteiger partial charge in [-0.25, -0.2) is 9.97 Å². The Hall–Kier alpha value is -2.34. The van der Waals surface area contributed by atoms with Crippen molar-refractivity contribution in [1.82, 2.24) is 14.5 Å². The molecule has 0 aliphatic heterocycles. The zero-order valence-electron chi connectivity index (χ0n) is 10.8. The van der Waals surface area contributed by atoms with E-state index in [0.717, 1.165) is 0 Å². The van der Waals surface area contributed by atoms with Gasteiger partial charge in [0, 0.05) is 7.05 Å².